The number of aliphatic hydroxyl groups excluding tert-OH is 1. The molecule has 1 saturated carbocycles. The molecule has 2 aliphatic rings. The molecule has 0 amide bonds. The standard InChI is InChI=1S/C14H23BrO/c15-13-7-3-2-6-12(13)10-14(11-16)8-4-1-5-9-14/h16H,1-11H2. The first-order chi connectivity index (χ1) is 7.76. The van der Waals surface area contributed by atoms with Crippen LogP contribution in [0.1, 0.15) is 64.2 Å². The van der Waals surface area contributed by atoms with Gasteiger partial charge in [0.2, 0.25) is 0 Å². The third-order valence-electron chi connectivity index (χ3n) is 4.35. The van der Waals surface area contributed by atoms with Gasteiger partial charge in [0.1, 0.15) is 0 Å². The fourth-order valence-electron chi connectivity index (χ4n) is 3.26. The minimum Gasteiger partial charge on any atom is -0.396 e. The van der Waals surface area contributed by atoms with Crippen LogP contribution in [0.25, 0.3) is 0 Å². The van der Waals surface area contributed by atoms with Gasteiger partial charge in [-0.15, -0.1) is 0 Å². The van der Waals surface area contributed by atoms with Gasteiger partial charge in [0.05, 0.1) is 0 Å². The number of hydrogen-bond acceptors (Lipinski definition) is 1. The molecule has 2 rings (SSSR count). The van der Waals surface area contributed by atoms with E-state index in [9.17, 15) is 5.11 Å². The monoisotopic (exact) mass is 286 g/mol. The number of rotatable bonds is 3. The Balaban J connectivity index is 2.05. The van der Waals surface area contributed by atoms with Gasteiger partial charge in [-0.3, -0.25) is 0 Å². The van der Waals surface area contributed by atoms with Gasteiger partial charge in [-0.2, -0.15) is 0 Å². The zero-order valence-electron chi connectivity index (χ0n) is 10.1. The Morgan fingerprint density at radius 2 is 1.69 bits per heavy atom. The van der Waals surface area contributed by atoms with Crippen LogP contribution in [0, 0.1) is 5.41 Å². The lowest BCUT2D eigenvalue weighted by Crippen LogP contribution is -2.29. The van der Waals surface area contributed by atoms with Gasteiger partial charge in [0.15, 0.2) is 0 Å². The summed E-state index contributed by atoms with van der Waals surface area (Å²) in [6.07, 6.45) is 12.7. The van der Waals surface area contributed by atoms with Crippen LogP contribution in [0.4, 0.5) is 0 Å². The number of aliphatic hydroxyl groups is 1. The highest BCUT2D eigenvalue weighted by molar-refractivity contribution is 9.11. The highest BCUT2D eigenvalue weighted by Gasteiger charge is 2.32. The predicted molar refractivity (Wildman–Crippen MR) is 71.6 cm³/mol. The summed E-state index contributed by atoms with van der Waals surface area (Å²) in [5.41, 5.74) is 1.83. The molecule has 0 bridgehead atoms. The Morgan fingerprint density at radius 1 is 1.00 bits per heavy atom. The van der Waals surface area contributed by atoms with E-state index < -0.39 is 0 Å². The summed E-state index contributed by atoms with van der Waals surface area (Å²) in [7, 11) is 0. The molecule has 16 heavy (non-hydrogen) atoms. The molecule has 0 aromatic rings. The highest BCUT2D eigenvalue weighted by Crippen LogP contribution is 2.44. The summed E-state index contributed by atoms with van der Waals surface area (Å²) in [6, 6.07) is 0. The van der Waals surface area contributed by atoms with E-state index in [-0.39, 0.29) is 5.41 Å². The van der Waals surface area contributed by atoms with Crippen molar-refractivity contribution in [3.63, 3.8) is 0 Å². The van der Waals surface area contributed by atoms with Gasteiger partial charge in [-0.25, -0.2) is 0 Å². The van der Waals surface area contributed by atoms with Crippen molar-refractivity contribution in [3.8, 4) is 0 Å². The Hall–Kier alpha value is 0.180. The van der Waals surface area contributed by atoms with Crippen molar-refractivity contribution in [1.82, 2.24) is 0 Å². The van der Waals surface area contributed by atoms with Gasteiger partial charge in [-0.1, -0.05) is 40.8 Å². The molecule has 2 heteroatoms. The maximum absolute atomic E-state index is 9.72. The predicted octanol–water partition coefficient (Wildman–Crippen LogP) is 4.54. The lowest BCUT2D eigenvalue weighted by Gasteiger charge is -2.37. The first-order valence-electron chi connectivity index (χ1n) is 6.73. The van der Waals surface area contributed by atoms with Gasteiger partial charge < -0.3 is 5.11 Å². The Bertz CT molecular complexity index is 264. The van der Waals surface area contributed by atoms with Crippen molar-refractivity contribution in [2.24, 2.45) is 5.41 Å². The topological polar surface area (TPSA) is 20.2 Å². The second-order valence-corrected chi connectivity index (χ2v) is 6.57. The first kappa shape index (κ1) is 12.6. The van der Waals surface area contributed by atoms with Crippen LogP contribution < -0.4 is 0 Å². The van der Waals surface area contributed by atoms with Crippen LogP contribution in [0.15, 0.2) is 10.1 Å². The third kappa shape index (κ3) is 2.89. The number of halogens is 1. The third-order valence-corrected chi connectivity index (χ3v) is 5.30. The van der Waals surface area contributed by atoms with Crippen LogP contribution in [-0.4, -0.2) is 11.7 Å². The summed E-state index contributed by atoms with van der Waals surface area (Å²) in [6.45, 7) is 0.386. The zero-order chi connectivity index (χ0) is 11.4. The van der Waals surface area contributed by atoms with Crippen molar-refractivity contribution in [3.05, 3.63) is 10.1 Å². The summed E-state index contributed by atoms with van der Waals surface area (Å²) in [4.78, 5) is 0. The van der Waals surface area contributed by atoms with Crippen LogP contribution in [0.5, 0.6) is 0 Å². The van der Waals surface area contributed by atoms with Crippen molar-refractivity contribution < 1.29 is 5.11 Å². The van der Waals surface area contributed by atoms with Crippen molar-refractivity contribution in [1.29, 1.82) is 0 Å². The Kier molecular flexibility index (Phi) is 4.48. The van der Waals surface area contributed by atoms with Gasteiger partial charge in [0, 0.05) is 6.61 Å². The van der Waals surface area contributed by atoms with E-state index >= 15 is 0 Å². The molecule has 0 radical (unpaired) electrons. The summed E-state index contributed by atoms with van der Waals surface area (Å²) < 4.78 is 1.44. The number of hydrogen-bond donors (Lipinski definition) is 1. The van der Waals surface area contributed by atoms with Gasteiger partial charge in [-0.05, 0) is 54.8 Å². The average molecular weight is 287 g/mol. The molecule has 1 nitrogen and oxygen atoms in total. The SMILES string of the molecule is OCC1(CC2=C(Br)CCCC2)CCCCC1. The summed E-state index contributed by atoms with van der Waals surface area (Å²) in [5.74, 6) is 0. The summed E-state index contributed by atoms with van der Waals surface area (Å²) >= 11 is 3.73. The molecule has 0 spiro atoms. The normalized spacial score (nSPS) is 25.9. The molecule has 0 aromatic carbocycles. The van der Waals surface area contributed by atoms with Gasteiger partial charge >= 0.3 is 0 Å². The van der Waals surface area contributed by atoms with Crippen molar-refractivity contribution >= 4 is 15.9 Å². The number of allylic oxidation sites excluding steroid dienone is 2. The summed E-state index contributed by atoms with van der Waals surface area (Å²) in [5, 5.41) is 9.72. The van der Waals surface area contributed by atoms with Crippen LogP contribution in [0.2, 0.25) is 0 Å². The van der Waals surface area contributed by atoms with Gasteiger partial charge in [0.25, 0.3) is 0 Å². The van der Waals surface area contributed by atoms with E-state index in [0.29, 0.717) is 6.61 Å². The fraction of sp³-hybridized carbons (Fsp3) is 0.857. The van der Waals surface area contributed by atoms with E-state index in [4.69, 9.17) is 0 Å². The maximum Gasteiger partial charge on any atom is 0.0490 e. The molecule has 0 unspecified atom stereocenters. The molecule has 0 heterocycles. The molecule has 1 fully saturated rings. The van der Waals surface area contributed by atoms with Crippen LogP contribution in [-0.2, 0) is 0 Å². The molecule has 0 aromatic heterocycles. The average Bonchev–Trinajstić information content (AvgIpc) is 2.33. The second-order valence-electron chi connectivity index (χ2n) is 5.61. The van der Waals surface area contributed by atoms with Crippen molar-refractivity contribution in [2.75, 3.05) is 6.61 Å². The lowest BCUT2D eigenvalue weighted by molar-refractivity contribution is 0.0811. The quantitative estimate of drug-likeness (QED) is 0.807. The minimum absolute atomic E-state index is 0.226. The first-order valence-corrected chi connectivity index (χ1v) is 7.52. The Labute approximate surface area is 107 Å². The van der Waals surface area contributed by atoms with Crippen molar-refractivity contribution in [2.45, 2.75) is 64.2 Å². The minimum atomic E-state index is 0.226. The van der Waals surface area contributed by atoms with Crippen LogP contribution >= 0.6 is 15.9 Å². The highest BCUT2D eigenvalue weighted by atomic mass is 79.9. The Morgan fingerprint density at radius 3 is 2.31 bits per heavy atom. The van der Waals surface area contributed by atoms with E-state index in [0.717, 1.165) is 6.42 Å². The lowest BCUT2D eigenvalue weighted by atomic mass is 9.70. The second kappa shape index (κ2) is 5.68. The molecule has 0 saturated heterocycles. The maximum atomic E-state index is 9.72. The molecule has 92 valence electrons. The van der Waals surface area contributed by atoms with Crippen LogP contribution in [0.3, 0.4) is 0 Å². The molecule has 0 aliphatic heterocycles. The molecule has 0 atom stereocenters. The fourth-order valence-corrected chi connectivity index (χ4v) is 3.88. The molecule has 1 N–H and O–H groups in total. The largest absolute Gasteiger partial charge is 0.396 e. The smallest absolute Gasteiger partial charge is 0.0490 e. The van der Waals surface area contributed by atoms with E-state index in [1.54, 1.807) is 5.57 Å². The molecular weight excluding hydrogens is 264 g/mol. The van der Waals surface area contributed by atoms with E-state index in [1.165, 1.54) is 62.3 Å². The molecular formula is C14H23BrO. The zero-order valence-corrected chi connectivity index (χ0v) is 11.7. The van der Waals surface area contributed by atoms with E-state index in [2.05, 4.69) is 15.9 Å². The molecule has 2 aliphatic carbocycles. The van der Waals surface area contributed by atoms with E-state index in [1.807, 2.05) is 0 Å².